The zero-order valence-electron chi connectivity index (χ0n) is 17.2. The Kier molecular flexibility index (Phi) is 7.46. The zero-order chi connectivity index (χ0) is 22.4. The third kappa shape index (κ3) is 5.95. The summed E-state index contributed by atoms with van der Waals surface area (Å²) < 4.78 is 6.35. The minimum absolute atomic E-state index is 0.101. The summed E-state index contributed by atoms with van der Waals surface area (Å²) in [6, 6.07) is 12.5. The number of carbonyl (C=O) groups is 3. The van der Waals surface area contributed by atoms with Crippen LogP contribution in [0.25, 0.3) is 0 Å². The lowest BCUT2D eigenvalue weighted by molar-refractivity contribution is -0.126. The highest BCUT2D eigenvalue weighted by atomic mass is 79.9. The summed E-state index contributed by atoms with van der Waals surface area (Å²) in [7, 11) is 0. The van der Waals surface area contributed by atoms with E-state index in [4.69, 9.17) is 4.74 Å². The number of aryl methyl sites for hydroxylation is 1. The SMILES string of the molecule is C=CCNC(=O)[C@H]1CC(=O)N(c2ccc(OCC(=O)Nc3ccc(C)cc3Br)cc2)C1. The fourth-order valence-electron chi connectivity index (χ4n) is 3.23. The lowest BCUT2D eigenvalue weighted by atomic mass is 10.1. The van der Waals surface area contributed by atoms with E-state index in [9.17, 15) is 14.4 Å². The molecule has 162 valence electrons. The highest BCUT2D eigenvalue weighted by Crippen LogP contribution is 2.27. The van der Waals surface area contributed by atoms with Gasteiger partial charge < -0.3 is 20.3 Å². The maximum atomic E-state index is 12.3. The second kappa shape index (κ2) is 10.3. The average molecular weight is 486 g/mol. The van der Waals surface area contributed by atoms with Crippen LogP contribution >= 0.6 is 15.9 Å². The number of nitrogens with one attached hydrogen (secondary N) is 2. The van der Waals surface area contributed by atoms with Crippen LogP contribution in [0.1, 0.15) is 12.0 Å². The maximum Gasteiger partial charge on any atom is 0.262 e. The first-order chi connectivity index (χ1) is 14.9. The van der Waals surface area contributed by atoms with E-state index in [0.29, 0.717) is 30.2 Å². The Bertz CT molecular complexity index is 991. The van der Waals surface area contributed by atoms with Gasteiger partial charge in [-0.3, -0.25) is 14.4 Å². The minimum Gasteiger partial charge on any atom is -0.484 e. The van der Waals surface area contributed by atoms with Gasteiger partial charge in [-0.25, -0.2) is 0 Å². The third-order valence-corrected chi connectivity index (χ3v) is 5.49. The highest BCUT2D eigenvalue weighted by molar-refractivity contribution is 9.10. The molecule has 0 spiro atoms. The Morgan fingerprint density at radius 1 is 1.26 bits per heavy atom. The number of halogens is 1. The Hall–Kier alpha value is -3.13. The Morgan fingerprint density at radius 3 is 2.68 bits per heavy atom. The van der Waals surface area contributed by atoms with Gasteiger partial charge in [-0.15, -0.1) is 6.58 Å². The van der Waals surface area contributed by atoms with E-state index >= 15 is 0 Å². The first kappa shape index (κ1) is 22.6. The Balaban J connectivity index is 1.53. The van der Waals surface area contributed by atoms with E-state index in [-0.39, 0.29) is 36.7 Å². The smallest absolute Gasteiger partial charge is 0.262 e. The van der Waals surface area contributed by atoms with Gasteiger partial charge in [0, 0.05) is 29.7 Å². The molecule has 2 aromatic rings. The van der Waals surface area contributed by atoms with E-state index in [1.165, 1.54) is 0 Å². The molecule has 1 atom stereocenters. The van der Waals surface area contributed by atoms with Crippen molar-refractivity contribution < 1.29 is 19.1 Å². The molecular formula is C23H24BrN3O4. The van der Waals surface area contributed by atoms with Crippen LogP contribution in [-0.2, 0) is 14.4 Å². The quantitative estimate of drug-likeness (QED) is 0.560. The molecule has 0 aliphatic carbocycles. The standard InChI is InChI=1S/C23H24BrN3O4/c1-3-10-25-23(30)16-12-22(29)27(13-16)17-5-7-18(8-6-17)31-14-21(28)26-20-9-4-15(2)11-19(20)24/h3-9,11,16H,1,10,12-14H2,2H3,(H,25,30)(H,26,28)/t16-/m0/s1. The fraction of sp³-hybridized carbons (Fsp3) is 0.261. The van der Waals surface area contributed by atoms with Gasteiger partial charge in [0.15, 0.2) is 6.61 Å². The molecule has 0 aromatic heterocycles. The number of anilines is 2. The normalized spacial score (nSPS) is 15.5. The number of amides is 3. The second-order valence-electron chi connectivity index (χ2n) is 7.25. The first-order valence-corrected chi connectivity index (χ1v) is 10.6. The monoisotopic (exact) mass is 485 g/mol. The third-order valence-electron chi connectivity index (χ3n) is 4.83. The van der Waals surface area contributed by atoms with Crippen molar-refractivity contribution in [2.45, 2.75) is 13.3 Å². The van der Waals surface area contributed by atoms with Gasteiger partial charge in [-0.2, -0.15) is 0 Å². The number of benzene rings is 2. The number of hydrogen-bond donors (Lipinski definition) is 2. The van der Waals surface area contributed by atoms with Gasteiger partial charge in [-0.05, 0) is 64.8 Å². The topological polar surface area (TPSA) is 87.7 Å². The van der Waals surface area contributed by atoms with Crippen molar-refractivity contribution in [2.75, 3.05) is 29.9 Å². The van der Waals surface area contributed by atoms with E-state index in [2.05, 4.69) is 33.1 Å². The molecule has 2 aromatic carbocycles. The zero-order valence-corrected chi connectivity index (χ0v) is 18.8. The molecule has 1 heterocycles. The van der Waals surface area contributed by atoms with Crippen molar-refractivity contribution in [1.82, 2.24) is 5.32 Å². The minimum atomic E-state index is -0.381. The van der Waals surface area contributed by atoms with E-state index in [0.717, 1.165) is 10.0 Å². The van der Waals surface area contributed by atoms with E-state index < -0.39 is 0 Å². The van der Waals surface area contributed by atoms with Crippen molar-refractivity contribution in [3.8, 4) is 5.75 Å². The number of hydrogen-bond acceptors (Lipinski definition) is 4. The predicted molar refractivity (Wildman–Crippen MR) is 123 cm³/mol. The predicted octanol–water partition coefficient (Wildman–Crippen LogP) is 3.43. The molecule has 0 radical (unpaired) electrons. The van der Waals surface area contributed by atoms with E-state index in [1.807, 2.05) is 25.1 Å². The van der Waals surface area contributed by atoms with Crippen LogP contribution in [0.2, 0.25) is 0 Å². The van der Waals surface area contributed by atoms with Crippen LogP contribution in [-0.4, -0.2) is 37.4 Å². The molecular weight excluding hydrogens is 462 g/mol. The van der Waals surface area contributed by atoms with Crippen molar-refractivity contribution in [3.05, 3.63) is 65.2 Å². The number of nitrogens with zero attached hydrogens (tertiary/aromatic N) is 1. The van der Waals surface area contributed by atoms with E-state index in [1.54, 1.807) is 35.2 Å². The van der Waals surface area contributed by atoms with Crippen LogP contribution in [0, 0.1) is 12.8 Å². The summed E-state index contributed by atoms with van der Waals surface area (Å²) in [5, 5.41) is 5.52. The second-order valence-corrected chi connectivity index (χ2v) is 8.11. The van der Waals surface area contributed by atoms with Crippen LogP contribution in [0.4, 0.5) is 11.4 Å². The summed E-state index contributed by atoms with van der Waals surface area (Å²) in [5.74, 6) is -0.406. The van der Waals surface area contributed by atoms with Crippen LogP contribution in [0.5, 0.6) is 5.75 Å². The summed E-state index contributed by atoms with van der Waals surface area (Å²) in [5.41, 5.74) is 2.44. The maximum absolute atomic E-state index is 12.3. The van der Waals surface area contributed by atoms with Crippen LogP contribution in [0.15, 0.2) is 59.6 Å². The molecule has 1 saturated heterocycles. The van der Waals surface area contributed by atoms with Crippen molar-refractivity contribution >= 4 is 45.0 Å². The molecule has 3 rings (SSSR count). The van der Waals surface area contributed by atoms with Gasteiger partial charge in [0.1, 0.15) is 5.75 Å². The average Bonchev–Trinajstić information content (AvgIpc) is 3.14. The van der Waals surface area contributed by atoms with Crippen molar-refractivity contribution in [3.63, 3.8) is 0 Å². The number of carbonyl (C=O) groups excluding carboxylic acids is 3. The van der Waals surface area contributed by atoms with Crippen LogP contribution in [0.3, 0.4) is 0 Å². The van der Waals surface area contributed by atoms with Crippen molar-refractivity contribution in [1.29, 1.82) is 0 Å². The molecule has 2 N–H and O–H groups in total. The molecule has 1 aliphatic heterocycles. The molecule has 0 unspecified atom stereocenters. The largest absolute Gasteiger partial charge is 0.484 e. The fourth-order valence-corrected chi connectivity index (χ4v) is 3.82. The molecule has 7 nitrogen and oxygen atoms in total. The molecule has 8 heteroatoms. The number of rotatable bonds is 8. The molecule has 0 saturated carbocycles. The van der Waals surface area contributed by atoms with Gasteiger partial charge in [-0.1, -0.05) is 12.1 Å². The molecule has 1 aliphatic rings. The van der Waals surface area contributed by atoms with Crippen LogP contribution < -0.4 is 20.3 Å². The lowest BCUT2D eigenvalue weighted by Gasteiger charge is -2.17. The summed E-state index contributed by atoms with van der Waals surface area (Å²) in [4.78, 5) is 38.2. The highest BCUT2D eigenvalue weighted by Gasteiger charge is 2.34. The van der Waals surface area contributed by atoms with Gasteiger partial charge >= 0.3 is 0 Å². The van der Waals surface area contributed by atoms with Gasteiger partial charge in [0.25, 0.3) is 5.91 Å². The summed E-state index contributed by atoms with van der Waals surface area (Å²) >= 11 is 3.42. The van der Waals surface area contributed by atoms with Gasteiger partial charge in [0.2, 0.25) is 11.8 Å². The molecule has 0 bridgehead atoms. The summed E-state index contributed by atoms with van der Waals surface area (Å²) in [6.07, 6.45) is 1.78. The Labute approximate surface area is 189 Å². The first-order valence-electron chi connectivity index (χ1n) is 9.85. The Morgan fingerprint density at radius 2 is 2.00 bits per heavy atom. The lowest BCUT2D eigenvalue weighted by Crippen LogP contribution is -2.32. The van der Waals surface area contributed by atoms with Gasteiger partial charge in [0.05, 0.1) is 11.6 Å². The van der Waals surface area contributed by atoms with Crippen molar-refractivity contribution in [2.24, 2.45) is 5.92 Å². The molecule has 1 fully saturated rings. The molecule has 3 amide bonds. The summed E-state index contributed by atoms with van der Waals surface area (Å²) in [6.45, 7) is 6.10. The number of ether oxygens (including phenoxy) is 1. The molecule has 31 heavy (non-hydrogen) atoms.